The summed E-state index contributed by atoms with van der Waals surface area (Å²) in [6.45, 7) is 1.75. The van der Waals surface area contributed by atoms with Crippen LogP contribution in [0.5, 0.6) is 0 Å². The minimum absolute atomic E-state index is 0.0655. The second-order valence-corrected chi connectivity index (χ2v) is 5.48. The number of non-ortho nitro benzene ring substituents is 1. The van der Waals surface area contributed by atoms with Gasteiger partial charge in [0.05, 0.1) is 16.7 Å². The van der Waals surface area contributed by atoms with E-state index in [9.17, 15) is 25.4 Å². The van der Waals surface area contributed by atoms with Crippen LogP contribution in [0.4, 0.5) is 11.4 Å². The van der Waals surface area contributed by atoms with Gasteiger partial charge in [-0.25, -0.2) is 4.63 Å². The summed E-state index contributed by atoms with van der Waals surface area (Å²) in [7, 11) is 0. The number of aliphatic hydroxyl groups is 3. The number of ether oxygens (including phenoxy) is 1. The molecule has 3 rings (SSSR count). The van der Waals surface area contributed by atoms with Crippen molar-refractivity contribution in [1.29, 1.82) is 0 Å². The number of nitro groups is 1. The van der Waals surface area contributed by atoms with Gasteiger partial charge in [0.25, 0.3) is 0 Å². The Bertz CT molecular complexity index is 751. The van der Waals surface area contributed by atoms with Gasteiger partial charge in [0.15, 0.2) is 11.8 Å². The maximum atomic E-state index is 11.0. The normalized spacial score (nSPS) is 30.4. The zero-order chi connectivity index (χ0) is 17.4. The molecule has 11 nitrogen and oxygen atoms in total. The van der Waals surface area contributed by atoms with Gasteiger partial charge in [0.1, 0.15) is 18.2 Å². The molecule has 0 radical (unpaired) electrons. The number of nitro benzene ring substituents is 1. The van der Waals surface area contributed by atoms with Crippen LogP contribution in [0.3, 0.4) is 0 Å². The molecule has 0 amide bonds. The zero-order valence-corrected chi connectivity index (χ0v) is 12.6. The second kappa shape index (κ2) is 6.28. The molecular formula is C13H16N4O7. The van der Waals surface area contributed by atoms with Crippen molar-refractivity contribution in [2.45, 2.75) is 44.0 Å². The molecule has 1 saturated heterocycles. The highest BCUT2D eigenvalue weighted by molar-refractivity contribution is 5.93. The third kappa shape index (κ3) is 2.67. The van der Waals surface area contributed by atoms with Gasteiger partial charge in [-0.3, -0.25) is 10.1 Å². The zero-order valence-electron chi connectivity index (χ0n) is 12.6. The summed E-state index contributed by atoms with van der Waals surface area (Å²) in [6.07, 6.45) is -4.18. The molecule has 5 atom stereocenters. The van der Waals surface area contributed by atoms with Crippen LogP contribution in [0.15, 0.2) is 16.8 Å². The highest BCUT2D eigenvalue weighted by Crippen LogP contribution is 2.31. The van der Waals surface area contributed by atoms with Gasteiger partial charge in [0.2, 0.25) is 5.52 Å². The average molecular weight is 340 g/mol. The summed E-state index contributed by atoms with van der Waals surface area (Å²) in [4.78, 5) is 10.3. The molecule has 4 N–H and O–H groups in total. The van der Waals surface area contributed by atoms with Crippen LogP contribution in [-0.4, -0.2) is 61.2 Å². The number of benzene rings is 1. The van der Waals surface area contributed by atoms with Crippen LogP contribution in [0, 0.1) is 10.1 Å². The Labute approximate surface area is 134 Å². The number of nitrogens with zero attached hydrogens (tertiary/aromatic N) is 3. The first-order valence-electron chi connectivity index (χ1n) is 7.30. The van der Waals surface area contributed by atoms with E-state index in [4.69, 9.17) is 4.74 Å². The summed E-state index contributed by atoms with van der Waals surface area (Å²) >= 11 is 0. The minimum Gasteiger partial charge on any atom is -0.388 e. The van der Waals surface area contributed by atoms with E-state index >= 15 is 0 Å². The van der Waals surface area contributed by atoms with E-state index in [2.05, 4.69) is 20.3 Å². The molecular weight excluding hydrogens is 324 g/mol. The molecule has 2 aromatic rings. The van der Waals surface area contributed by atoms with Crippen LogP contribution in [-0.2, 0) is 4.74 Å². The first kappa shape index (κ1) is 16.5. The standard InChI is InChI=1S/C13H16N4O7/c1-2-7-11(18)12(19)10(13(20)23-7)14-5-3-4-6(17(21)22)9-8(5)15-24-16-9/h3-4,7,10-14,18-20H,2H2,1H3/t7?,10-,11+,12?,13+/m1/s1. The maximum absolute atomic E-state index is 11.0. The summed E-state index contributed by atoms with van der Waals surface area (Å²) in [5.41, 5.74) is -0.0528. The van der Waals surface area contributed by atoms with Crippen LogP contribution in [0.1, 0.15) is 13.3 Å². The van der Waals surface area contributed by atoms with E-state index in [0.717, 1.165) is 0 Å². The Morgan fingerprint density at radius 2 is 1.96 bits per heavy atom. The molecule has 0 bridgehead atoms. The smallest absolute Gasteiger partial charge is 0.300 e. The fourth-order valence-corrected chi connectivity index (χ4v) is 2.74. The first-order valence-corrected chi connectivity index (χ1v) is 7.30. The van der Waals surface area contributed by atoms with E-state index in [-0.39, 0.29) is 22.4 Å². The van der Waals surface area contributed by atoms with E-state index in [0.29, 0.717) is 6.42 Å². The van der Waals surface area contributed by atoms with Crippen molar-refractivity contribution in [1.82, 2.24) is 10.3 Å². The second-order valence-electron chi connectivity index (χ2n) is 5.48. The van der Waals surface area contributed by atoms with Gasteiger partial charge in [-0.1, -0.05) is 6.92 Å². The van der Waals surface area contributed by atoms with Crippen molar-refractivity contribution in [3.05, 3.63) is 22.2 Å². The summed E-state index contributed by atoms with van der Waals surface area (Å²) < 4.78 is 9.82. The molecule has 1 aliphatic rings. The topological polar surface area (TPSA) is 164 Å². The molecule has 24 heavy (non-hydrogen) atoms. The Balaban J connectivity index is 1.91. The lowest BCUT2D eigenvalue weighted by atomic mass is 9.95. The number of anilines is 1. The van der Waals surface area contributed by atoms with E-state index in [1.807, 2.05) is 0 Å². The first-order chi connectivity index (χ1) is 11.4. The lowest BCUT2D eigenvalue weighted by Crippen LogP contribution is -2.60. The van der Waals surface area contributed by atoms with Crippen LogP contribution in [0.2, 0.25) is 0 Å². The predicted octanol–water partition coefficient (Wildman–Crippen LogP) is -0.240. The number of hydrogen-bond acceptors (Lipinski definition) is 10. The monoisotopic (exact) mass is 340 g/mol. The number of aliphatic hydroxyl groups excluding tert-OH is 3. The van der Waals surface area contributed by atoms with Crippen molar-refractivity contribution in [3.63, 3.8) is 0 Å². The maximum Gasteiger partial charge on any atom is 0.300 e. The average Bonchev–Trinajstić information content (AvgIpc) is 3.04. The van der Waals surface area contributed by atoms with Crippen molar-refractivity contribution in [2.75, 3.05) is 5.32 Å². The van der Waals surface area contributed by atoms with Crippen molar-refractivity contribution >= 4 is 22.4 Å². The Hall–Kier alpha value is -2.34. The van der Waals surface area contributed by atoms with Gasteiger partial charge in [-0.2, -0.15) is 0 Å². The third-order valence-electron chi connectivity index (χ3n) is 4.04. The molecule has 2 unspecified atom stereocenters. The summed E-state index contributed by atoms with van der Waals surface area (Å²) in [5, 5.41) is 51.2. The number of aromatic nitrogens is 2. The molecule has 1 aliphatic heterocycles. The van der Waals surface area contributed by atoms with Crippen molar-refractivity contribution in [2.24, 2.45) is 0 Å². The van der Waals surface area contributed by atoms with Gasteiger partial charge in [-0.05, 0) is 22.8 Å². The van der Waals surface area contributed by atoms with Crippen molar-refractivity contribution < 1.29 is 29.6 Å². The largest absolute Gasteiger partial charge is 0.388 e. The lowest BCUT2D eigenvalue weighted by molar-refractivity contribution is -0.383. The van der Waals surface area contributed by atoms with Crippen LogP contribution < -0.4 is 5.32 Å². The van der Waals surface area contributed by atoms with Gasteiger partial charge in [0, 0.05) is 6.07 Å². The van der Waals surface area contributed by atoms with Gasteiger partial charge >= 0.3 is 5.69 Å². The Kier molecular flexibility index (Phi) is 4.32. The van der Waals surface area contributed by atoms with Crippen LogP contribution >= 0.6 is 0 Å². The van der Waals surface area contributed by atoms with Crippen LogP contribution in [0.25, 0.3) is 11.0 Å². The molecule has 0 aliphatic carbocycles. The van der Waals surface area contributed by atoms with Gasteiger partial charge < -0.3 is 25.4 Å². The minimum atomic E-state index is -1.39. The van der Waals surface area contributed by atoms with Crippen molar-refractivity contribution in [3.8, 4) is 0 Å². The molecule has 1 fully saturated rings. The number of hydrogen-bond donors (Lipinski definition) is 4. The Morgan fingerprint density at radius 1 is 1.25 bits per heavy atom. The molecule has 130 valence electrons. The lowest BCUT2D eigenvalue weighted by Gasteiger charge is -2.41. The highest BCUT2D eigenvalue weighted by Gasteiger charge is 2.43. The molecule has 2 heterocycles. The molecule has 11 heteroatoms. The molecule has 1 aromatic carbocycles. The van der Waals surface area contributed by atoms with Gasteiger partial charge in [-0.15, -0.1) is 0 Å². The highest BCUT2D eigenvalue weighted by atomic mass is 16.6. The summed E-state index contributed by atoms with van der Waals surface area (Å²) in [6, 6.07) is 1.48. The fourth-order valence-electron chi connectivity index (χ4n) is 2.74. The Morgan fingerprint density at radius 3 is 2.62 bits per heavy atom. The van der Waals surface area contributed by atoms with E-state index in [1.54, 1.807) is 6.92 Å². The van der Waals surface area contributed by atoms with E-state index in [1.165, 1.54) is 12.1 Å². The van der Waals surface area contributed by atoms with E-state index < -0.39 is 35.6 Å². The SMILES string of the molecule is CCC1O[C@H](O)[C@H](Nc2ccc([N+](=O)[O-])c3nonc23)C(O)[C@H]1O. The molecule has 0 spiro atoms. The molecule has 0 saturated carbocycles. The molecule has 1 aromatic heterocycles. The predicted molar refractivity (Wildman–Crippen MR) is 79.1 cm³/mol. The summed E-state index contributed by atoms with van der Waals surface area (Å²) in [5.74, 6) is 0. The number of fused-ring (bicyclic) bond motifs is 1. The number of rotatable bonds is 4. The quantitative estimate of drug-likeness (QED) is 0.431. The fraction of sp³-hybridized carbons (Fsp3) is 0.538. The number of nitrogens with one attached hydrogen (secondary N) is 1. The third-order valence-corrected chi connectivity index (χ3v) is 4.04.